The second-order valence-corrected chi connectivity index (χ2v) is 6.50. The summed E-state index contributed by atoms with van der Waals surface area (Å²) in [5.74, 6) is 6.99. The Morgan fingerprint density at radius 3 is 2.24 bits per heavy atom. The third kappa shape index (κ3) is 3.64. The number of hydrogen-bond acceptors (Lipinski definition) is 4. The lowest BCUT2D eigenvalue weighted by atomic mass is 10.1. The van der Waals surface area contributed by atoms with Gasteiger partial charge in [0.15, 0.2) is 0 Å². The van der Waals surface area contributed by atoms with Crippen molar-refractivity contribution < 1.29 is 0 Å². The summed E-state index contributed by atoms with van der Waals surface area (Å²) in [6.45, 7) is 0. The Kier molecular flexibility index (Phi) is 4.91. The van der Waals surface area contributed by atoms with Crippen LogP contribution in [0.2, 0.25) is 0 Å². The summed E-state index contributed by atoms with van der Waals surface area (Å²) in [5, 5.41) is 16.9. The van der Waals surface area contributed by atoms with Crippen molar-refractivity contribution in [3.63, 3.8) is 0 Å². The zero-order valence-corrected chi connectivity index (χ0v) is 15.9. The summed E-state index contributed by atoms with van der Waals surface area (Å²) in [7, 11) is 1.93. The van der Waals surface area contributed by atoms with E-state index >= 15 is 0 Å². The minimum atomic E-state index is -0.00144. The molecule has 0 fully saturated rings. The van der Waals surface area contributed by atoms with Crippen molar-refractivity contribution in [2.45, 2.75) is 0 Å². The van der Waals surface area contributed by atoms with Crippen molar-refractivity contribution >= 4 is 28.7 Å². The Bertz CT molecular complexity index is 1300. The Morgan fingerprint density at radius 1 is 0.897 bits per heavy atom. The average molecular weight is 377 g/mol. The van der Waals surface area contributed by atoms with Crippen molar-refractivity contribution in [1.82, 2.24) is 9.55 Å². The summed E-state index contributed by atoms with van der Waals surface area (Å²) in [6.07, 6.45) is 1.11. The molecular weight excluding hydrogens is 358 g/mol. The highest BCUT2D eigenvalue weighted by Crippen LogP contribution is 2.28. The fraction of sp³-hybridized carbons (Fsp3) is 0.0417. The number of rotatable bonds is 3. The van der Waals surface area contributed by atoms with E-state index in [0.29, 0.717) is 5.82 Å². The predicted molar refractivity (Wildman–Crippen MR) is 117 cm³/mol. The monoisotopic (exact) mass is 377 g/mol. The van der Waals surface area contributed by atoms with Crippen LogP contribution in [0.15, 0.2) is 78.9 Å². The first-order valence-electron chi connectivity index (χ1n) is 9.15. The molecule has 0 aliphatic rings. The van der Waals surface area contributed by atoms with Crippen LogP contribution in [0.1, 0.15) is 11.1 Å². The minimum Gasteiger partial charge on any atom is -0.329 e. The van der Waals surface area contributed by atoms with Crippen LogP contribution in [0, 0.1) is 22.7 Å². The summed E-state index contributed by atoms with van der Waals surface area (Å²) in [4.78, 5) is 6.39. The van der Waals surface area contributed by atoms with Gasteiger partial charge in [0.25, 0.3) is 0 Å². The van der Waals surface area contributed by atoms with Crippen LogP contribution in [0.4, 0.5) is 11.5 Å². The molecule has 3 aromatic carbocycles. The van der Waals surface area contributed by atoms with Crippen molar-refractivity contribution in [3.05, 3.63) is 95.6 Å². The Hall–Kier alpha value is -4.17. The van der Waals surface area contributed by atoms with Gasteiger partial charge in [-0.15, -0.1) is 0 Å². The molecule has 140 valence electrons. The van der Waals surface area contributed by atoms with Gasteiger partial charge in [-0.25, -0.2) is 0 Å². The van der Waals surface area contributed by atoms with Crippen LogP contribution >= 0.6 is 0 Å². The summed E-state index contributed by atoms with van der Waals surface area (Å²) >= 11 is 0. The van der Waals surface area contributed by atoms with Gasteiger partial charge in [-0.2, -0.15) is 4.98 Å². The number of hydrogen-bond donors (Lipinski definition) is 2. The van der Waals surface area contributed by atoms with Gasteiger partial charge in [-0.1, -0.05) is 48.2 Å². The molecule has 0 bridgehead atoms. The molecule has 0 unspecified atom stereocenters. The first-order valence-corrected chi connectivity index (χ1v) is 9.15. The quantitative estimate of drug-likeness (QED) is 0.320. The number of benzene rings is 3. The van der Waals surface area contributed by atoms with Crippen molar-refractivity contribution in [1.29, 1.82) is 10.8 Å². The van der Waals surface area contributed by atoms with Gasteiger partial charge in [0, 0.05) is 29.2 Å². The molecule has 0 saturated carbocycles. The van der Waals surface area contributed by atoms with Gasteiger partial charge >= 0.3 is 0 Å². The van der Waals surface area contributed by atoms with E-state index in [-0.39, 0.29) is 5.62 Å². The zero-order valence-electron chi connectivity index (χ0n) is 15.9. The van der Waals surface area contributed by atoms with E-state index in [9.17, 15) is 0 Å². The maximum atomic E-state index is 8.29. The van der Waals surface area contributed by atoms with E-state index in [4.69, 9.17) is 10.8 Å². The fourth-order valence-corrected chi connectivity index (χ4v) is 3.15. The van der Waals surface area contributed by atoms with Gasteiger partial charge in [0.2, 0.25) is 5.62 Å². The van der Waals surface area contributed by atoms with E-state index < -0.39 is 0 Å². The highest BCUT2D eigenvalue weighted by atomic mass is 15.2. The number of para-hydroxylation sites is 1. The lowest BCUT2D eigenvalue weighted by Crippen LogP contribution is -2.26. The van der Waals surface area contributed by atoms with Gasteiger partial charge in [0.1, 0.15) is 5.82 Å². The van der Waals surface area contributed by atoms with E-state index in [0.717, 1.165) is 34.1 Å². The molecule has 4 aromatic rings. The molecule has 1 aromatic heterocycles. The Labute approximate surface area is 168 Å². The molecule has 0 saturated heterocycles. The molecule has 0 aliphatic heterocycles. The average Bonchev–Trinajstić information content (AvgIpc) is 2.78. The Morgan fingerprint density at radius 2 is 1.55 bits per heavy atom. The van der Waals surface area contributed by atoms with Crippen molar-refractivity contribution in [3.8, 4) is 11.8 Å². The number of nitrogens with one attached hydrogen (secondary N) is 2. The maximum Gasteiger partial charge on any atom is 0.229 e. The standard InChI is InChI=1S/C24H19N5/c1-28(20-10-6-3-7-11-20)23-21-15-14-19(13-12-18-8-4-2-5-9-18)16-22(21)29(17-25)24(26)27-23/h2-11,14-17,25-26H,1H3. The van der Waals surface area contributed by atoms with Gasteiger partial charge in [0.05, 0.1) is 11.9 Å². The van der Waals surface area contributed by atoms with Gasteiger partial charge in [-0.3, -0.25) is 15.4 Å². The van der Waals surface area contributed by atoms with Crippen LogP contribution in [0.3, 0.4) is 0 Å². The molecule has 0 amide bonds. The van der Waals surface area contributed by atoms with Crippen molar-refractivity contribution in [2.24, 2.45) is 0 Å². The fourth-order valence-electron chi connectivity index (χ4n) is 3.15. The second-order valence-electron chi connectivity index (χ2n) is 6.50. The lowest BCUT2D eigenvalue weighted by molar-refractivity contribution is 0.915. The van der Waals surface area contributed by atoms with Crippen LogP contribution in [0.25, 0.3) is 10.9 Å². The summed E-state index contributed by atoms with van der Waals surface area (Å²) in [6, 6.07) is 25.5. The van der Waals surface area contributed by atoms with Crippen LogP contribution in [0.5, 0.6) is 0 Å². The normalized spacial score (nSPS) is 10.2. The van der Waals surface area contributed by atoms with Gasteiger partial charge < -0.3 is 4.90 Å². The molecule has 5 heteroatoms. The van der Waals surface area contributed by atoms with Crippen LogP contribution in [-0.2, 0) is 0 Å². The van der Waals surface area contributed by atoms with Crippen LogP contribution in [-0.4, -0.2) is 22.9 Å². The molecule has 1 heterocycles. The molecule has 0 radical (unpaired) electrons. The highest BCUT2D eigenvalue weighted by molar-refractivity contribution is 5.94. The molecule has 0 spiro atoms. The van der Waals surface area contributed by atoms with Crippen LogP contribution < -0.4 is 10.5 Å². The SMILES string of the molecule is CN(c1ccccc1)c1nc(=N)n(C=N)c2cc(C#Cc3ccccc3)ccc12. The first-order chi connectivity index (χ1) is 14.2. The summed E-state index contributed by atoms with van der Waals surface area (Å²) < 4.78 is 1.45. The number of anilines is 2. The van der Waals surface area contributed by atoms with E-state index in [1.54, 1.807) is 0 Å². The maximum absolute atomic E-state index is 8.29. The first kappa shape index (κ1) is 18.2. The second kappa shape index (κ2) is 7.83. The molecule has 2 N–H and O–H groups in total. The number of aromatic nitrogens is 2. The number of nitrogens with zero attached hydrogens (tertiary/aromatic N) is 3. The van der Waals surface area contributed by atoms with E-state index in [1.165, 1.54) is 4.57 Å². The molecule has 0 atom stereocenters. The van der Waals surface area contributed by atoms with E-state index in [2.05, 4.69) is 16.8 Å². The number of fused-ring (bicyclic) bond motifs is 1. The highest BCUT2D eigenvalue weighted by Gasteiger charge is 2.13. The molecular formula is C24H19N5. The largest absolute Gasteiger partial charge is 0.329 e. The molecule has 4 rings (SSSR count). The predicted octanol–water partition coefficient (Wildman–Crippen LogP) is 4.14. The van der Waals surface area contributed by atoms with E-state index in [1.807, 2.05) is 90.8 Å². The molecule has 0 aliphatic carbocycles. The topological polar surface area (TPSA) is 68.8 Å². The molecule has 29 heavy (non-hydrogen) atoms. The zero-order chi connectivity index (χ0) is 20.2. The summed E-state index contributed by atoms with van der Waals surface area (Å²) in [5.41, 5.74) is 3.45. The lowest BCUT2D eigenvalue weighted by Gasteiger charge is -2.21. The Balaban J connectivity index is 1.87. The minimum absolute atomic E-state index is 0.00144. The third-order valence-corrected chi connectivity index (χ3v) is 4.65. The molecule has 5 nitrogen and oxygen atoms in total. The van der Waals surface area contributed by atoms with Gasteiger partial charge in [-0.05, 0) is 42.5 Å². The van der Waals surface area contributed by atoms with Crippen molar-refractivity contribution in [2.75, 3.05) is 11.9 Å². The smallest absolute Gasteiger partial charge is 0.229 e. The third-order valence-electron chi connectivity index (χ3n) is 4.65.